The third-order valence-electron chi connectivity index (χ3n) is 6.71. The molecule has 0 fully saturated rings. The SMILES string of the molecule is CC[C@H](C(=O)N[C@@H](C)CC)N(Cc1ccccc1Cl)C(=O)CN(c1cc(Cl)cc(Cl)c1)S(=O)(=O)c1ccc(C)cc1. The Kier molecular flexibility index (Phi) is 11.5. The Balaban J connectivity index is 2.10. The number of benzene rings is 3. The van der Waals surface area contributed by atoms with Crippen LogP contribution in [0.2, 0.25) is 15.1 Å². The standard InChI is InChI=1S/C30H34Cl3N3O4S/c1-5-21(4)34-30(38)28(6-2)35(18-22-9-7-8-10-27(22)33)29(37)19-36(25-16-23(31)15-24(32)17-25)41(39,40)26-13-11-20(3)12-14-26/h7-17,21,28H,5-6,18-19H2,1-4H3,(H,34,38)/t21-,28+/m0/s1. The molecule has 3 aromatic rings. The lowest BCUT2D eigenvalue weighted by atomic mass is 10.1. The number of nitrogens with one attached hydrogen (secondary N) is 1. The number of sulfonamides is 1. The molecule has 0 saturated heterocycles. The van der Waals surface area contributed by atoms with E-state index >= 15 is 0 Å². The fraction of sp³-hybridized carbons (Fsp3) is 0.333. The summed E-state index contributed by atoms with van der Waals surface area (Å²) in [4.78, 5) is 28.9. The van der Waals surface area contributed by atoms with Crippen LogP contribution in [0.5, 0.6) is 0 Å². The van der Waals surface area contributed by atoms with E-state index in [1.165, 1.54) is 35.2 Å². The van der Waals surface area contributed by atoms with Crippen LogP contribution < -0.4 is 9.62 Å². The molecule has 41 heavy (non-hydrogen) atoms. The summed E-state index contributed by atoms with van der Waals surface area (Å²) >= 11 is 18.9. The Labute approximate surface area is 257 Å². The van der Waals surface area contributed by atoms with Crippen molar-refractivity contribution >= 4 is 62.3 Å². The zero-order valence-corrected chi connectivity index (χ0v) is 26.5. The first kappa shape index (κ1) is 32.7. The smallest absolute Gasteiger partial charge is 0.264 e. The van der Waals surface area contributed by atoms with Gasteiger partial charge < -0.3 is 10.2 Å². The van der Waals surface area contributed by atoms with Crippen LogP contribution >= 0.6 is 34.8 Å². The van der Waals surface area contributed by atoms with Crippen molar-refractivity contribution in [2.24, 2.45) is 0 Å². The van der Waals surface area contributed by atoms with E-state index in [1.54, 1.807) is 43.3 Å². The summed E-state index contributed by atoms with van der Waals surface area (Å²) < 4.78 is 28.9. The van der Waals surface area contributed by atoms with Gasteiger partial charge in [0.05, 0.1) is 10.6 Å². The number of carbonyl (C=O) groups is 2. The van der Waals surface area contributed by atoms with Gasteiger partial charge in [-0.1, -0.05) is 84.5 Å². The van der Waals surface area contributed by atoms with Crippen molar-refractivity contribution < 1.29 is 18.0 Å². The van der Waals surface area contributed by atoms with Crippen molar-refractivity contribution in [3.8, 4) is 0 Å². The topological polar surface area (TPSA) is 86.8 Å². The van der Waals surface area contributed by atoms with E-state index in [2.05, 4.69) is 5.32 Å². The second-order valence-corrected chi connectivity index (χ2v) is 12.9. The Hall–Kier alpha value is -2.78. The van der Waals surface area contributed by atoms with Crippen molar-refractivity contribution in [1.29, 1.82) is 0 Å². The van der Waals surface area contributed by atoms with Crippen LogP contribution in [0.25, 0.3) is 0 Å². The molecule has 2 atom stereocenters. The van der Waals surface area contributed by atoms with Gasteiger partial charge in [-0.25, -0.2) is 8.42 Å². The van der Waals surface area contributed by atoms with E-state index in [0.717, 1.165) is 9.87 Å². The van der Waals surface area contributed by atoms with E-state index in [4.69, 9.17) is 34.8 Å². The fourth-order valence-electron chi connectivity index (χ4n) is 4.22. The summed E-state index contributed by atoms with van der Waals surface area (Å²) in [5.41, 5.74) is 1.61. The molecule has 1 N–H and O–H groups in total. The van der Waals surface area contributed by atoms with Crippen LogP contribution in [0.15, 0.2) is 71.6 Å². The maximum absolute atomic E-state index is 14.1. The number of rotatable bonds is 12. The molecular formula is C30H34Cl3N3O4S. The molecule has 0 aliphatic carbocycles. The molecule has 11 heteroatoms. The first-order valence-corrected chi connectivity index (χ1v) is 15.8. The predicted octanol–water partition coefficient (Wildman–Crippen LogP) is 6.87. The lowest BCUT2D eigenvalue weighted by molar-refractivity contribution is -0.140. The largest absolute Gasteiger partial charge is 0.352 e. The zero-order chi connectivity index (χ0) is 30.3. The van der Waals surface area contributed by atoms with Gasteiger partial charge in [0.25, 0.3) is 10.0 Å². The van der Waals surface area contributed by atoms with Gasteiger partial charge in [-0.3, -0.25) is 13.9 Å². The molecule has 3 rings (SSSR count). The minimum absolute atomic E-state index is 0.000337. The quantitative estimate of drug-likeness (QED) is 0.235. The normalized spacial score (nSPS) is 12.9. The highest BCUT2D eigenvalue weighted by atomic mass is 35.5. The van der Waals surface area contributed by atoms with Crippen LogP contribution in [0, 0.1) is 6.92 Å². The number of hydrogen-bond acceptors (Lipinski definition) is 4. The van der Waals surface area contributed by atoms with Crippen molar-refractivity contribution in [3.05, 3.63) is 92.9 Å². The molecular weight excluding hydrogens is 605 g/mol. The highest BCUT2D eigenvalue weighted by Gasteiger charge is 2.34. The van der Waals surface area contributed by atoms with Crippen molar-refractivity contribution in [2.75, 3.05) is 10.8 Å². The van der Waals surface area contributed by atoms with E-state index < -0.39 is 28.5 Å². The number of carbonyl (C=O) groups excluding carboxylic acids is 2. The van der Waals surface area contributed by atoms with Gasteiger partial charge in [-0.05, 0) is 68.7 Å². The minimum atomic E-state index is -4.25. The highest BCUT2D eigenvalue weighted by Crippen LogP contribution is 2.30. The third kappa shape index (κ3) is 8.38. The van der Waals surface area contributed by atoms with E-state index in [9.17, 15) is 18.0 Å². The van der Waals surface area contributed by atoms with E-state index in [-0.39, 0.29) is 39.1 Å². The first-order valence-electron chi connectivity index (χ1n) is 13.3. The zero-order valence-electron chi connectivity index (χ0n) is 23.4. The number of anilines is 1. The van der Waals surface area contributed by atoms with Gasteiger partial charge in [-0.15, -0.1) is 0 Å². The molecule has 0 unspecified atom stereocenters. The van der Waals surface area contributed by atoms with Gasteiger partial charge in [0.1, 0.15) is 12.6 Å². The Morgan fingerprint density at radius 1 is 0.902 bits per heavy atom. The fourth-order valence-corrected chi connectivity index (χ4v) is 6.33. The van der Waals surface area contributed by atoms with E-state index in [0.29, 0.717) is 23.4 Å². The van der Waals surface area contributed by atoms with Gasteiger partial charge in [0.2, 0.25) is 11.8 Å². The molecule has 0 spiro atoms. The number of hydrogen-bond donors (Lipinski definition) is 1. The molecule has 2 amide bonds. The van der Waals surface area contributed by atoms with Crippen LogP contribution in [-0.2, 0) is 26.2 Å². The summed E-state index contributed by atoms with van der Waals surface area (Å²) in [6, 6.07) is 16.7. The molecule has 220 valence electrons. The van der Waals surface area contributed by atoms with Crippen molar-refractivity contribution in [2.45, 2.75) is 64.1 Å². The van der Waals surface area contributed by atoms with Crippen LogP contribution in [-0.4, -0.2) is 43.8 Å². The number of aryl methyl sites for hydroxylation is 1. The maximum atomic E-state index is 14.1. The average molecular weight is 639 g/mol. The number of nitrogens with zero attached hydrogens (tertiary/aromatic N) is 2. The summed E-state index contributed by atoms with van der Waals surface area (Å²) in [6.07, 6.45) is 1.00. The summed E-state index contributed by atoms with van der Waals surface area (Å²) in [6.45, 7) is 6.86. The number of halogens is 3. The Morgan fingerprint density at radius 2 is 1.51 bits per heavy atom. The van der Waals surface area contributed by atoms with E-state index in [1.807, 2.05) is 20.8 Å². The third-order valence-corrected chi connectivity index (χ3v) is 9.30. The number of amides is 2. The van der Waals surface area contributed by atoms with Gasteiger partial charge >= 0.3 is 0 Å². The summed E-state index contributed by atoms with van der Waals surface area (Å²) in [5, 5.41) is 3.78. The van der Waals surface area contributed by atoms with Gasteiger partial charge in [-0.2, -0.15) is 0 Å². The highest BCUT2D eigenvalue weighted by molar-refractivity contribution is 7.92. The molecule has 7 nitrogen and oxygen atoms in total. The Bertz CT molecular complexity index is 1460. The van der Waals surface area contributed by atoms with Crippen molar-refractivity contribution in [1.82, 2.24) is 10.2 Å². The lowest BCUT2D eigenvalue weighted by Crippen LogP contribution is -2.53. The molecule has 0 heterocycles. The van der Waals surface area contributed by atoms with Gasteiger partial charge in [0.15, 0.2) is 0 Å². The molecule has 0 aromatic heterocycles. The van der Waals surface area contributed by atoms with Crippen molar-refractivity contribution in [3.63, 3.8) is 0 Å². The maximum Gasteiger partial charge on any atom is 0.264 e. The second kappa shape index (κ2) is 14.4. The molecule has 0 radical (unpaired) electrons. The second-order valence-electron chi connectivity index (χ2n) is 9.81. The van der Waals surface area contributed by atoms with Gasteiger partial charge in [0, 0.05) is 27.7 Å². The lowest BCUT2D eigenvalue weighted by Gasteiger charge is -2.34. The predicted molar refractivity (Wildman–Crippen MR) is 166 cm³/mol. The molecule has 0 aliphatic rings. The van der Waals surface area contributed by atoms with Crippen LogP contribution in [0.4, 0.5) is 5.69 Å². The minimum Gasteiger partial charge on any atom is -0.352 e. The molecule has 0 bridgehead atoms. The first-order chi connectivity index (χ1) is 19.4. The molecule has 3 aromatic carbocycles. The van der Waals surface area contributed by atoms with Crippen LogP contribution in [0.3, 0.4) is 0 Å². The monoisotopic (exact) mass is 637 g/mol. The Morgan fingerprint density at radius 3 is 2.07 bits per heavy atom. The molecule has 0 saturated carbocycles. The summed E-state index contributed by atoms with van der Waals surface area (Å²) in [5.74, 6) is -0.927. The molecule has 0 aliphatic heterocycles. The average Bonchev–Trinajstić information content (AvgIpc) is 2.92. The summed E-state index contributed by atoms with van der Waals surface area (Å²) in [7, 11) is -4.25. The van der Waals surface area contributed by atoms with Crippen LogP contribution in [0.1, 0.15) is 44.7 Å².